The summed E-state index contributed by atoms with van der Waals surface area (Å²) >= 11 is 1.23. The molecule has 1 amide bonds. The van der Waals surface area contributed by atoms with Gasteiger partial charge >= 0.3 is 0 Å². The Kier molecular flexibility index (Phi) is 4.57. The number of aliphatic imine (C=N–C) groups is 1. The predicted molar refractivity (Wildman–Crippen MR) is 96.6 cm³/mol. The SMILES string of the molecule is COc1ccccc1/C=C1\SC(=Nc2cc(C)ccc2O)NC1=O. The van der Waals surface area contributed by atoms with Crippen LogP contribution in [0.25, 0.3) is 6.08 Å². The third kappa shape index (κ3) is 3.44. The van der Waals surface area contributed by atoms with Crippen LogP contribution in [0.15, 0.2) is 52.4 Å². The van der Waals surface area contributed by atoms with Crippen LogP contribution in [0.3, 0.4) is 0 Å². The summed E-state index contributed by atoms with van der Waals surface area (Å²) in [7, 11) is 1.59. The van der Waals surface area contributed by atoms with Crippen LogP contribution in [0.5, 0.6) is 11.5 Å². The zero-order valence-corrected chi connectivity index (χ0v) is 14.1. The van der Waals surface area contributed by atoms with Gasteiger partial charge in [0.05, 0.1) is 12.0 Å². The first-order valence-electron chi connectivity index (χ1n) is 7.29. The van der Waals surface area contributed by atoms with E-state index in [4.69, 9.17) is 4.74 Å². The minimum atomic E-state index is -0.225. The molecular weight excluding hydrogens is 324 g/mol. The summed E-state index contributed by atoms with van der Waals surface area (Å²) in [6, 6.07) is 12.6. The van der Waals surface area contributed by atoms with Crippen LogP contribution >= 0.6 is 11.8 Å². The molecule has 0 atom stereocenters. The number of nitrogens with one attached hydrogen (secondary N) is 1. The highest BCUT2D eigenvalue weighted by Crippen LogP contribution is 2.33. The highest BCUT2D eigenvalue weighted by atomic mass is 32.2. The number of amidine groups is 1. The van der Waals surface area contributed by atoms with E-state index < -0.39 is 0 Å². The van der Waals surface area contributed by atoms with Crippen molar-refractivity contribution in [2.75, 3.05) is 7.11 Å². The minimum Gasteiger partial charge on any atom is -0.506 e. The van der Waals surface area contributed by atoms with Crippen molar-refractivity contribution in [3.05, 3.63) is 58.5 Å². The number of hydrogen-bond acceptors (Lipinski definition) is 5. The number of hydrogen-bond donors (Lipinski definition) is 2. The lowest BCUT2D eigenvalue weighted by Crippen LogP contribution is -2.19. The number of thioether (sulfide) groups is 1. The van der Waals surface area contributed by atoms with Gasteiger partial charge in [-0.1, -0.05) is 24.3 Å². The number of aromatic hydroxyl groups is 1. The summed E-state index contributed by atoms with van der Waals surface area (Å²) < 4.78 is 5.29. The van der Waals surface area contributed by atoms with Gasteiger partial charge in [-0.15, -0.1) is 0 Å². The van der Waals surface area contributed by atoms with Crippen molar-refractivity contribution in [3.63, 3.8) is 0 Å². The van der Waals surface area contributed by atoms with Crippen molar-refractivity contribution in [1.82, 2.24) is 5.32 Å². The van der Waals surface area contributed by atoms with Crippen molar-refractivity contribution < 1.29 is 14.6 Å². The normalized spacial score (nSPS) is 17.3. The Balaban J connectivity index is 1.89. The van der Waals surface area contributed by atoms with E-state index >= 15 is 0 Å². The summed E-state index contributed by atoms with van der Waals surface area (Å²) in [6.07, 6.45) is 1.76. The number of phenolic OH excluding ortho intramolecular Hbond substituents is 1. The maximum Gasteiger partial charge on any atom is 0.264 e. The molecule has 0 saturated carbocycles. The van der Waals surface area contributed by atoms with E-state index in [1.54, 1.807) is 31.4 Å². The van der Waals surface area contributed by atoms with Crippen molar-refractivity contribution in [1.29, 1.82) is 0 Å². The first kappa shape index (κ1) is 16.1. The van der Waals surface area contributed by atoms with Crippen molar-refractivity contribution in [2.24, 2.45) is 4.99 Å². The number of methoxy groups -OCH3 is 1. The first-order chi connectivity index (χ1) is 11.6. The smallest absolute Gasteiger partial charge is 0.264 e. The Bertz CT molecular complexity index is 859. The Morgan fingerprint density at radius 2 is 2.04 bits per heavy atom. The molecule has 2 aromatic rings. The molecule has 0 aliphatic carbocycles. The van der Waals surface area contributed by atoms with E-state index in [9.17, 15) is 9.90 Å². The highest BCUT2D eigenvalue weighted by molar-refractivity contribution is 8.18. The van der Waals surface area contributed by atoms with E-state index in [0.717, 1.165) is 11.1 Å². The lowest BCUT2D eigenvalue weighted by molar-refractivity contribution is -0.115. The van der Waals surface area contributed by atoms with E-state index in [1.165, 1.54) is 11.8 Å². The number of para-hydroxylation sites is 1. The van der Waals surface area contributed by atoms with Gasteiger partial charge in [0, 0.05) is 5.56 Å². The van der Waals surface area contributed by atoms with Gasteiger partial charge in [0.1, 0.15) is 17.2 Å². The average molecular weight is 340 g/mol. The van der Waals surface area contributed by atoms with Crippen molar-refractivity contribution in [2.45, 2.75) is 6.92 Å². The largest absolute Gasteiger partial charge is 0.506 e. The van der Waals surface area contributed by atoms with Gasteiger partial charge < -0.3 is 15.2 Å². The van der Waals surface area contributed by atoms with E-state index in [0.29, 0.717) is 21.5 Å². The topological polar surface area (TPSA) is 70.9 Å². The highest BCUT2D eigenvalue weighted by Gasteiger charge is 2.24. The van der Waals surface area contributed by atoms with Gasteiger partial charge in [0.25, 0.3) is 5.91 Å². The van der Waals surface area contributed by atoms with Crippen LogP contribution in [0, 0.1) is 6.92 Å². The van der Waals surface area contributed by atoms with Crippen LogP contribution in [0.2, 0.25) is 0 Å². The Morgan fingerprint density at radius 1 is 1.25 bits per heavy atom. The molecule has 0 unspecified atom stereocenters. The molecule has 1 heterocycles. The molecule has 122 valence electrons. The van der Waals surface area contributed by atoms with E-state index in [2.05, 4.69) is 10.3 Å². The fraction of sp³-hybridized carbons (Fsp3) is 0.111. The van der Waals surface area contributed by atoms with Crippen LogP contribution in [-0.4, -0.2) is 23.3 Å². The van der Waals surface area contributed by atoms with Gasteiger partial charge in [-0.2, -0.15) is 0 Å². The lowest BCUT2D eigenvalue weighted by atomic mass is 10.2. The summed E-state index contributed by atoms with van der Waals surface area (Å²) in [4.78, 5) is 17.0. The number of ether oxygens (including phenoxy) is 1. The van der Waals surface area contributed by atoms with Crippen LogP contribution < -0.4 is 10.1 Å². The molecular formula is C18H16N2O3S. The fourth-order valence-electron chi connectivity index (χ4n) is 2.24. The minimum absolute atomic E-state index is 0.0742. The van der Waals surface area contributed by atoms with Gasteiger partial charge in [0.15, 0.2) is 5.17 Å². The second kappa shape index (κ2) is 6.80. The molecule has 1 aliphatic rings. The molecule has 1 saturated heterocycles. The van der Waals surface area contributed by atoms with Crippen molar-refractivity contribution >= 4 is 34.6 Å². The number of benzene rings is 2. The third-order valence-corrected chi connectivity index (χ3v) is 4.34. The number of nitrogens with zero attached hydrogens (tertiary/aromatic N) is 1. The molecule has 2 N–H and O–H groups in total. The Hall–Kier alpha value is -2.73. The van der Waals surface area contributed by atoms with Gasteiger partial charge in [-0.05, 0) is 48.5 Å². The number of phenols is 1. The van der Waals surface area contributed by atoms with Crippen LogP contribution in [0.1, 0.15) is 11.1 Å². The second-order valence-corrected chi connectivity index (χ2v) is 6.25. The number of carbonyl (C=O) groups is 1. The predicted octanol–water partition coefficient (Wildman–Crippen LogP) is 3.60. The van der Waals surface area contributed by atoms with Crippen molar-refractivity contribution in [3.8, 4) is 11.5 Å². The Labute approximate surface area is 144 Å². The molecule has 3 rings (SSSR count). The zero-order valence-electron chi connectivity index (χ0n) is 13.2. The molecule has 2 aromatic carbocycles. The van der Waals surface area contributed by atoms with Crippen LogP contribution in [-0.2, 0) is 4.79 Å². The maximum atomic E-state index is 12.1. The zero-order chi connectivity index (χ0) is 17.1. The van der Waals surface area contributed by atoms with E-state index in [1.807, 2.05) is 31.2 Å². The summed E-state index contributed by atoms with van der Waals surface area (Å²) in [6.45, 7) is 1.91. The van der Waals surface area contributed by atoms with Crippen LogP contribution in [0.4, 0.5) is 5.69 Å². The number of amides is 1. The summed E-state index contributed by atoms with van der Waals surface area (Å²) in [5.41, 5.74) is 2.22. The van der Waals surface area contributed by atoms with Gasteiger partial charge in [-0.3, -0.25) is 4.79 Å². The average Bonchev–Trinajstić information content (AvgIpc) is 2.91. The fourth-order valence-corrected chi connectivity index (χ4v) is 3.07. The standard InChI is InChI=1S/C18H16N2O3S/c1-11-7-8-14(21)13(9-11)19-18-20-17(22)16(24-18)10-12-5-3-4-6-15(12)23-2/h3-10,21H,1-2H3,(H,19,20,22)/b16-10-. The number of carbonyl (C=O) groups excluding carboxylic acids is 1. The summed E-state index contributed by atoms with van der Waals surface area (Å²) in [5, 5.41) is 13.0. The van der Waals surface area contributed by atoms with Gasteiger partial charge in [-0.25, -0.2) is 4.99 Å². The van der Waals surface area contributed by atoms with Gasteiger partial charge in [0.2, 0.25) is 0 Å². The lowest BCUT2D eigenvalue weighted by Gasteiger charge is -2.03. The molecule has 0 radical (unpaired) electrons. The quantitative estimate of drug-likeness (QED) is 0.838. The molecule has 0 aromatic heterocycles. The maximum absolute atomic E-state index is 12.1. The number of rotatable bonds is 3. The Morgan fingerprint density at radius 3 is 2.83 bits per heavy atom. The third-order valence-electron chi connectivity index (χ3n) is 3.43. The molecule has 6 heteroatoms. The monoisotopic (exact) mass is 340 g/mol. The molecule has 5 nitrogen and oxygen atoms in total. The molecule has 1 fully saturated rings. The molecule has 24 heavy (non-hydrogen) atoms. The first-order valence-corrected chi connectivity index (χ1v) is 8.10. The summed E-state index contributed by atoms with van der Waals surface area (Å²) in [5.74, 6) is 0.544. The molecule has 0 bridgehead atoms. The second-order valence-electron chi connectivity index (χ2n) is 5.22. The molecule has 0 spiro atoms. The van der Waals surface area contributed by atoms with E-state index in [-0.39, 0.29) is 11.7 Å². The number of aryl methyl sites for hydroxylation is 1. The molecule has 1 aliphatic heterocycles.